The number of para-hydroxylation sites is 1. The largest absolute Gasteiger partial charge is 0.377 e. The molecule has 1 aromatic carbocycles. The Morgan fingerprint density at radius 2 is 1.96 bits per heavy atom. The SMILES string of the molecule is CC1C=C2c3nc4ccccc4c(N(C)C)c3CN2C(=O)C1C. The summed E-state index contributed by atoms with van der Waals surface area (Å²) in [6, 6.07) is 8.21. The lowest BCUT2D eigenvalue weighted by Gasteiger charge is -2.30. The molecule has 3 heterocycles. The smallest absolute Gasteiger partial charge is 0.230 e. The molecule has 1 aromatic heterocycles. The summed E-state index contributed by atoms with van der Waals surface area (Å²) < 4.78 is 0. The molecule has 2 aliphatic rings. The maximum Gasteiger partial charge on any atom is 0.230 e. The van der Waals surface area contributed by atoms with E-state index >= 15 is 0 Å². The van der Waals surface area contributed by atoms with Crippen molar-refractivity contribution in [1.82, 2.24) is 9.88 Å². The molecule has 1 amide bonds. The zero-order valence-corrected chi connectivity index (χ0v) is 14.0. The minimum atomic E-state index is 0.0327. The van der Waals surface area contributed by atoms with Crippen LogP contribution in [0.15, 0.2) is 30.3 Å². The van der Waals surface area contributed by atoms with Gasteiger partial charge >= 0.3 is 0 Å². The van der Waals surface area contributed by atoms with Crippen LogP contribution in [0.4, 0.5) is 5.69 Å². The van der Waals surface area contributed by atoms with Crippen LogP contribution in [-0.4, -0.2) is 29.9 Å². The third kappa shape index (κ3) is 1.90. The van der Waals surface area contributed by atoms with Crippen molar-refractivity contribution in [3.63, 3.8) is 0 Å². The number of rotatable bonds is 1. The van der Waals surface area contributed by atoms with Gasteiger partial charge in [0, 0.05) is 31.0 Å². The molecule has 4 nitrogen and oxygen atoms in total. The van der Waals surface area contributed by atoms with Gasteiger partial charge in [-0.25, -0.2) is 4.98 Å². The Kier molecular flexibility index (Phi) is 2.98. The van der Waals surface area contributed by atoms with E-state index in [1.165, 1.54) is 5.69 Å². The van der Waals surface area contributed by atoms with Crippen molar-refractivity contribution < 1.29 is 4.79 Å². The van der Waals surface area contributed by atoms with Gasteiger partial charge in [0.1, 0.15) is 0 Å². The topological polar surface area (TPSA) is 36.4 Å². The molecule has 118 valence electrons. The fraction of sp³-hybridized carbons (Fsp3) is 0.368. The molecule has 0 fully saturated rings. The third-order valence-corrected chi connectivity index (χ3v) is 5.12. The monoisotopic (exact) mass is 307 g/mol. The molecule has 0 saturated carbocycles. The first-order valence-electron chi connectivity index (χ1n) is 8.11. The second-order valence-electron chi connectivity index (χ2n) is 6.82. The van der Waals surface area contributed by atoms with E-state index in [4.69, 9.17) is 4.98 Å². The quantitative estimate of drug-likeness (QED) is 0.811. The predicted molar refractivity (Wildman–Crippen MR) is 92.9 cm³/mol. The molecule has 0 aliphatic carbocycles. The van der Waals surface area contributed by atoms with Gasteiger partial charge in [-0.05, 0) is 12.0 Å². The standard InChI is InChI=1S/C19H21N3O/c1-11-9-16-17-14(10-22(16)19(23)12(11)2)18(21(3)4)13-7-5-6-8-15(13)20-17/h5-9,11-12H,10H2,1-4H3. The van der Waals surface area contributed by atoms with Crippen molar-refractivity contribution >= 4 is 28.2 Å². The lowest BCUT2D eigenvalue weighted by molar-refractivity contribution is -0.133. The number of hydrogen-bond donors (Lipinski definition) is 0. The van der Waals surface area contributed by atoms with Crippen LogP contribution in [0.5, 0.6) is 0 Å². The van der Waals surface area contributed by atoms with Crippen LogP contribution in [0.2, 0.25) is 0 Å². The number of carbonyl (C=O) groups is 1. The summed E-state index contributed by atoms with van der Waals surface area (Å²) in [5, 5.41) is 1.14. The minimum absolute atomic E-state index is 0.0327. The fourth-order valence-electron chi connectivity index (χ4n) is 3.71. The molecule has 0 bridgehead atoms. The van der Waals surface area contributed by atoms with Gasteiger partial charge in [0.05, 0.1) is 29.1 Å². The zero-order chi connectivity index (χ0) is 16.3. The highest BCUT2D eigenvalue weighted by atomic mass is 16.2. The van der Waals surface area contributed by atoms with Crippen LogP contribution in [0.25, 0.3) is 16.6 Å². The van der Waals surface area contributed by atoms with Gasteiger partial charge in [-0.1, -0.05) is 38.1 Å². The van der Waals surface area contributed by atoms with Crippen LogP contribution in [-0.2, 0) is 11.3 Å². The number of anilines is 1. The fourth-order valence-corrected chi connectivity index (χ4v) is 3.71. The lowest BCUT2D eigenvalue weighted by Crippen LogP contribution is -2.36. The van der Waals surface area contributed by atoms with Crippen molar-refractivity contribution in [2.24, 2.45) is 11.8 Å². The van der Waals surface area contributed by atoms with Gasteiger partial charge in [0.25, 0.3) is 0 Å². The van der Waals surface area contributed by atoms with Crippen molar-refractivity contribution in [2.75, 3.05) is 19.0 Å². The van der Waals surface area contributed by atoms with Gasteiger partial charge in [-0.15, -0.1) is 0 Å². The normalized spacial score (nSPS) is 22.9. The summed E-state index contributed by atoms with van der Waals surface area (Å²) in [7, 11) is 4.11. The summed E-state index contributed by atoms with van der Waals surface area (Å²) in [6.45, 7) is 4.75. The molecule has 4 heteroatoms. The Balaban J connectivity index is 2.02. The summed E-state index contributed by atoms with van der Waals surface area (Å²) >= 11 is 0. The first-order chi connectivity index (χ1) is 11.0. The molecular weight excluding hydrogens is 286 g/mol. The third-order valence-electron chi connectivity index (χ3n) is 5.12. The molecular formula is C19H21N3O. The highest BCUT2D eigenvalue weighted by molar-refractivity contribution is 6.00. The summed E-state index contributed by atoms with van der Waals surface area (Å²) in [5.41, 5.74) is 5.28. The van der Waals surface area contributed by atoms with Crippen molar-refractivity contribution in [1.29, 1.82) is 0 Å². The second kappa shape index (κ2) is 4.82. The molecule has 2 unspecified atom stereocenters. The number of benzene rings is 1. The molecule has 0 spiro atoms. The van der Waals surface area contributed by atoms with Crippen molar-refractivity contribution in [3.8, 4) is 0 Å². The first-order valence-corrected chi connectivity index (χ1v) is 8.11. The Morgan fingerprint density at radius 1 is 1.22 bits per heavy atom. The molecule has 0 radical (unpaired) electrons. The highest BCUT2D eigenvalue weighted by Gasteiger charge is 2.39. The summed E-state index contributed by atoms with van der Waals surface area (Å²) in [5.74, 6) is 0.489. The lowest BCUT2D eigenvalue weighted by atomic mass is 9.90. The molecule has 4 rings (SSSR count). The van der Waals surface area contributed by atoms with Gasteiger partial charge in [0.2, 0.25) is 5.91 Å². The summed E-state index contributed by atoms with van der Waals surface area (Å²) in [4.78, 5) is 21.6. The van der Waals surface area contributed by atoms with E-state index in [1.54, 1.807) is 0 Å². The molecule has 2 atom stereocenters. The van der Waals surface area contributed by atoms with E-state index in [2.05, 4.69) is 38.1 Å². The van der Waals surface area contributed by atoms with Crippen LogP contribution in [0.1, 0.15) is 25.1 Å². The van der Waals surface area contributed by atoms with Crippen LogP contribution in [0.3, 0.4) is 0 Å². The van der Waals surface area contributed by atoms with Crippen molar-refractivity contribution in [2.45, 2.75) is 20.4 Å². The van der Waals surface area contributed by atoms with E-state index in [-0.39, 0.29) is 17.7 Å². The number of amides is 1. The maximum atomic E-state index is 12.7. The van der Waals surface area contributed by atoms with Gasteiger partial charge in [0.15, 0.2) is 0 Å². The van der Waals surface area contributed by atoms with Gasteiger partial charge < -0.3 is 9.80 Å². The van der Waals surface area contributed by atoms with Crippen LogP contribution >= 0.6 is 0 Å². The summed E-state index contributed by atoms with van der Waals surface area (Å²) in [6.07, 6.45) is 2.21. The molecule has 2 aromatic rings. The van der Waals surface area contributed by atoms with E-state index in [0.29, 0.717) is 6.54 Å². The zero-order valence-electron chi connectivity index (χ0n) is 14.0. The Labute approximate surface area is 136 Å². The van der Waals surface area contributed by atoms with E-state index in [0.717, 1.165) is 27.9 Å². The molecule has 2 aliphatic heterocycles. The number of hydrogen-bond acceptors (Lipinski definition) is 3. The van der Waals surface area contributed by atoms with Gasteiger partial charge in [-0.3, -0.25) is 4.79 Å². The van der Waals surface area contributed by atoms with E-state index < -0.39 is 0 Å². The Bertz CT molecular complexity index is 853. The Morgan fingerprint density at radius 3 is 2.70 bits per heavy atom. The number of pyridine rings is 1. The van der Waals surface area contributed by atoms with Gasteiger partial charge in [-0.2, -0.15) is 0 Å². The minimum Gasteiger partial charge on any atom is -0.377 e. The average molecular weight is 307 g/mol. The molecule has 0 N–H and O–H groups in total. The number of allylic oxidation sites excluding steroid dienone is 1. The number of carbonyl (C=O) groups excluding carboxylic acids is 1. The van der Waals surface area contributed by atoms with E-state index in [9.17, 15) is 4.79 Å². The predicted octanol–water partition coefficient (Wildman–Crippen LogP) is 3.27. The average Bonchev–Trinajstić information content (AvgIpc) is 2.88. The van der Waals surface area contributed by atoms with Crippen molar-refractivity contribution in [3.05, 3.63) is 41.6 Å². The Hall–Kier alpha value is -2.36. The number of fused-ring (bicyclic) bond motifs is 4. The van der Waals surface area contributed by atoms with E-state index in [1.807, 2.05) is 30.0 Å². The van der Waals surface area contributed by atoms with Crippen LogP contribution in [0, 0.1) is 11.8 Å². The maximum absolute atomic E-state index is 12.7. The van der Waals surface area contributed by atoms with Crippen LogP contribution < -0.4 is 4.90 Å². The highest BCUT2D eigenvalue weighted by Crippen LogP contribution is 2.44. The number of nitrogens with zero attached hydrogens (tertiary/aromatic N) is 3. The second-order valence-corrected chi connectivity index (χ2v) is 6.82. The molecule has 23 heavy (non-hydrogen) atoms. The number of aromatic nitrogens is 1. The molecule has 0 saturated heterocycles. The first kappa shape index (κ1) is 14.2.